The average Bonchev–Trinajstić information content (AvgIpc) is 2.55. The van der Waals surface area contributed by atoms with Crippen molar-refractivity contribution < 1.29 is 32.1 Å². The maximum Gasteiger partial charge on any atom is 0.445 e. The first kappa shape index (κ1) is 18.6. The van der Waals surface area contributed by atoms with Gasteiger partial charge in [0.1, 0.15) is 6.54 Å². The Labute approximate surface area is 141 Å². The minimum absolute atomic E-state index is 0.00418. The Morgan fingerprint density at radius 2 is 2.12 bits per heavy atom. The van der Waals surface area contributed by atoms with Gasteiger partial charge in [0.05, 0.1) is 14.1 Å². The van der Waals surface area contributed by atoms with Crippen molar-refractivity contribution in [2.24, 2.45) is 10.9 Å². The molecule has 0 fully saturated rings. The van der Waals surface area contributed by atoms with Gasteiger partial charge in [0.15, 0.2) is 5.92 Å². The molecule has 0 radical (unpaired) electrons. The number of rotatable bonds is 4. The largest absolute Gasteiger partial charge is 0.445 e. The number of aliphatic imine (C=N–C) groups is 1. The number of hydrogen-bond acceptors (Lipinski definition) is 4. The third-order valence-corrected chi connectivity index (χ3v) is 3.70. The van der Waals surface area contributed by atoms with E-state index in [1.54, 1.807) is 0 Å². The Morgan fingerprint density at radius 1 is 1.48 bits per heavy atom. The van der Waals surface area contributed by atoms with Gasteiger partial charge in [0.25, 0.3) is 11.7 Å². The molecule has 0 N–H and O–H groups in total. The Kier molecular flexibility index (Phi) is 4.91. The number of amides is 4. The molecule has 0 aliphatic carbocycles. The van der Waals surface area contributed by atoms with E-state index >= 15 is 0 Å². The fourth-order valence-electron chi connectivity index (χ4n) is 2.48. The molecule has 10 heteroatoms. The summed E-state index contributed by atoms with van der Waals surface area (Å²) in [6.07, 6.45) is -0.875. The number of carbonyl (C=O) groups excluding carboxylic acids is 3. The standard InChI is InChI=1S/C15H16F3N4O3/c1-4-7-22(8-15(16,17)18)13(24)10-6-5-9-11(19-10)20(2)14(25)21(3)12(9)23/h4-6,9H,1,7-8H2,2-3H3/q+1. The van der Waals surface area contributed by atoms with E-state index in [4.69, 9.17) is 0 Å². The second-order valence-corrected chi connectivity index (χ2v) is 5.52. The van der Waals surface area contributed by atoms with Crippen LogP contribution in [0.15, 0.2) is 29.8 Å². The SMILES string of the molecule is C=CCN(CC(F)(F)F)C(=O)C1=NC2=[N+](C)C(=O)N(C)C(=O)C2C=C1. The van der Waals surface area contributed by atoms with Crippen LogP contribution in [0.5, 0.6) is 0 Å². The summed E-state index contributed by atoms with van der Waals surface area (Å²) in [5.74, 6) is -2.35. The number of alkyl halides is 3. The van der Waals surface area contributed by atoms with Gasteiger partial charge < -0.3 is 4.90 Å². The monoisotopic (exact) mass is 357 g/mol. The lowest BCUT2D eigenvalue weighted by Crippen LogP contribution is -2.52. The number of nitrogens with zero attached hydrogens (tertiary/aromatic N) is 4. The molecule has 2 heterocycles. The van der Waals surface area contributed by atoms with Crippen molar-refractivity contribution in [2.45, 2.75) is 6.18 Å². The van der Waals surface area contributed by atoms with Crippen molar-refractivity contribution in [3.05, 3.63) is 24.8 Å². The van der Waals surface area contributed by atoms with Crippen LogP contribution in [0.1, 0.15) is 0 Å². The topological polar surface area (TPSA) is 73.1 Å². The molecule has 0 saturated heterocycles. The van der Waals surface area contributed by atoms with Crippen LogP contribution in [-0.2, 0) is 9.59 Å². The fraction of sp³-hybridized carbons (Fsp3) is 0.400. The number of imide groups is 1. The van der Waals surface area contributed by atoms with Crippen LogP contribution >= 0.6 is 0 Å². The third kappa shape index (κ3) is 3.67. The summed E-state index contributed by atoms with van der Waals surface area (Å²) in [5, 5.41) is 0. The molecule has 2 rings (SSSR count). The lowest BCUT2D eigenvalue weighted by molar-refractivity contribution is -0.407. The predicted octanol–water partition coefficient (Wildman–Crippen LogP) is 0.823. The first-order valence-electron chi connectivity index (χ1n) is 7.22. The van der Waals surface area contributed by atoms with Gasteiger partial charge in [-0.25, -0.2) is 4.79 Å². The summed E-state index contributed by atoms with van der Waals surface area (Å²) in [5.41, 5.74) is -0.283. The van der Waals surface area contributed by atoms with Gasteiger partial charge in [-0.1, -0.05) is 12.2 Å². The molecule has 0 bridgehead atoms. The highest BCUT2D eigenvalue weighted by molar-refractivity contribution is 6.46. The van der Waals surface area contributed by atoms with Gasteiger partial charge >= 0.3 is 18.1 Å². The van der Waals surface area contributed by atoms with Gasteiger partial charge in [-0.05, 0) is 6.08 Å². The minimum Gasteiger partial charge on any atom is -0.323 e. The van der Waals surface area contributed by atoms with Crippen LogP contribution in [0, 0.1) is 5.92 Å². The van der Waals surface area contributed by atoms with Gasteiger partial charge in [-0.2, -0.15) is 22.6 Å². The quantitative estimate of drug-likeness (QED) is 0.552. The number of fused-ring (bicyclic) bond motifs is 1. The van der Waals surface area contributed by atoms with E-state index in [1.807, 2.05) is 0 Å². The zero-order valence-electron chi connectivity index (χ0n) is 13.6. The maximum absolute atomic E-state index is 12.6. The van der Waals surface area contributed by atoms with Crippen molar-refractivity contribution in [1.82, 2.24) is 9.80 Å². The van der Waals surface area contributed by atoms with E-state index in [-0.39, 0.29) is 18.1 Å². The van der Waals surface area contributed by atoms with Crippen LogP contribution in [-0.4, -0.2) is 77.1 Å². The maximum atomic E-state index is 12.6. The Hall–Kier alpha value is -2.78. The molecule has 1 unspecified atom stereocenters. The fourth-order valence-corrected chi connectivity index (χ4v) is 2.48. The van der Waals surface area contributed by atoms with Crippen LogP contribution in [0.2, 0.25) is 0 Å². The van der Waals surface area contributed by atoms with Crippen molar-refractivity contribution in [2.75, 3.05) is 27.2 Å². The van der Waals surface area contributed by atoms with E-state index < -0.39 is 36.5 Å². The Balaban J connectivity index is 2.37. The minimum atomic E-state index is -4.58. The number of halogens is 3. The van der Waals surface area contributed by atoms with E-state index in [9.17, 15) is 27.6 Å². The van der Waals surface area contributed by atoms with E-state index in [0.29, 0.717) is 4.90 Å². The number of urea groups is 1. The molecule has 134 valence electrons. The molecule has 0 spiro atoms. The molecular formula is C15H16F3N4O3+. The summed E-state index contributed by atoms with van der Waals surface area (Å²) in [7, 11) is 2.68. The lowest BCUT2D eigenvalue weighted by atomic mass is 10.0. The van der Waals surface area contributed by atoms with E-state index in [0.717, 1.165) is 9.48 Å². The molecular weight excluding hydrogens is 341 g/mol. The molecule has 25 heavy (non-hydrogen) atoms. The van der Waals surface area contributed by atoms with Gasteiger partial charge in [-0.15, -0.1) is 11.6 Å². The highest BCUT2D eigenvalue weighted by Crippen LogP contribution is 2.20. The van der Waals surface area contributed by atoms with E-state index in [1.165, 1.54) is 32.3 Å². The molecule has 0 aromatic heterocycles. The van der Waals surface area contributed by atoms with Crippen molar-refractivity contribution >= 4 is 29.4 Å². The number of hydrogen-bond donors (Lipinski definition) is 0. The molecule has 7 nitrogen and oxygen atoms in total. The molecule has 1 atom stereocenters. The molecule has 0 aromatic carbocycles. The Bertz CT molecular complexity index is 737. The van der Waals surface area contributed by atoms with Crippen LogP contribution in [0.3, 0.4) is 0 Å². The van der Waals surface area contributed by atoms with Crippen LogP contribution < -0.4 is 0 Å². The van der Waals surface area contributed by atoms with Crippen LogP contribution in [0.25, 0.3) is 0 Å². The van der Waals surface area contributed by atoms with Gasteiger partial charge in [0, 0.05) is 6.54 Å². The summed E-state index contributed by atoms with van der Waals surface area (Å²) in [4.78, 5) is 41.8. The smallest absolute Gasteiger partial charge is 0.323 e. The molecule has 0 aromatic rings. The highest BCUT2D eigenvalue weighted by Gasteiger charge is 2.45. The molecule has 2 aliphatic rings. The van der Waals surface area contributed by atoms with Crippen molar-refractivity contribution in [3.8, 4) is 0 Å². The first-order valence-corrected chi connectivity index (χ1v) is 7.22. The summed E-state index contributed by atoms with van der Waals surface area (Å²) >= 11 is 0. The predicted molar refractivity (Wildman–Crippen MR) is 82.3 cm³/mol. The van der Waals surface area contributed by atoms with Gasteiger partial charge in [0.2, 0.25) is 5.71 Å². The molecule has 0 saturated carbocycles. The van der Waals surface area contributed by atoms with Crippen molar-refractivity contribution in [3.63, 3.8) is 0 Å². The van der Waals surface area contributed by atoms with E-state index in [2.05, 4.69) is 11.6 Å². The normalized spacial score (nSPS) is 20.4. The zero-order valence-corrected chi connectivity index (χ0v) is 13.6. The highest BCUT2D eigenvalue weighted by atomic mass is 19.4. The lowest BCUT2D eigenvalue weighted by Gasteiger charge is -2.25. The number of dihydropyridines is 1. The zero-order chi connectivity index (χ0) is 18.9. The second kappa shape index (κ2) is 6.61. The first-order chi connectivity index (χ1) is 11.6. The second-order valence-electron chi connectivity index (χ2n) is 5.52. The molecule has 2 aliphatic heterocycles. The average molecular weight is 357 g/mol. The van der Waals surface area contributed by atoms with Gasteiger partial charge in [-0.3, -0.25) is 9.59 Å². The summed E-state index contributed by atoms with van der Waals surface area (Å²) in [6.45, 7) is 1.56. The molecule has 4 amide bonds. The summed E-state index contributed by atoms with van der Waals surface area (Å²) < 4.78 is 39.0. The number of carbonyl (C=O) groups is 3. The number of amidine groups is 1. The third-order valence-electron chi connectivity index (χ3n) is 3.70. The Morgan fingerprint density at radius 3 is 2.68 bits per heavy atom. The summed E-state index contributed by atoms with van der Waals surface area (Å²) in [6, 6.07) is -0.639. The van der Waals surface area contributed by atoms with Crippen LogP contribution in [0.4, 0.5) is 18.0 Å². The van der Waals surface area contributed by atoms with Crippen molar-refractivity contribution in [1.29, 1.82) is 0 Å².